The van der Waals surface area contributed by atoms with Crippen LogP contribution in [0.15, 0.2) is 0 Å². The summed E-state index contributed by atoms with van der Waals surface area (Å²) in [5.41, 5.74) is 2.89. The summed E-state index contributed by atoms with van der Waals surface area (Å²) < 4.78 is 5.36. The summed E-state index contributed by atoms with van der Waals surface area (Å²) in [4.78, 5) is 11.3. The van der Waals surface area contributed by atoms with Gasteiger partial charge in [0.25, 0.3) is 0 Å². The molecule has 1 N–H and O–H groups in total. The summed E-state index contributed by atoms with van der Waals surface area (Å²) >= 11 is 0. The fourth-order valence-corrected chi connectivity index (χ4v) is 2.79. The van der Waals surface area contributed by atoms with Gasteiger partial charge in [0, 0.05) is 30.7 Å². The summed E-state index contributed by atoms with van der Waals surface area (Å²) in [7, 11) is 0. The molecule has 92 valence electrons. The maximum atomic E-state index is 11.3. The van der Waals surface area contributed by atoms with E-state index >= 15 is 0 Å². The number of ether oxygens (including phenoxy) is 1. The molecule has 4 heteroatoms. The number of carbonyl (C=O) groups is 1. The highest BCUT2D eigenvalue weighted by Crippen LogP contribution is 2.39. The molecule has 0 radical (unpaired) electrons. The van der Waals surface area contributed by atoms with Gasteiger partial charge in [0.1, 0.15) is 0 Å². The molecule has 2 fully saturated rings. The van der Waals surface area contributed by atoms with Crippen molar-refractivity contribution in [2.24, 2.45) is 0 Å². The van der Waals surface area contributed by atoms with Crippen molar-refractivity contribution in [1.82, 2.24) is 10.2 Å². The van der Waals surface area contributed by atoms with Gasteiger partial charge in [-0.2, -0.15) is 5.10 Å². The molecule has 3 rings (SSSR count). The van der Waals surface area contributed by atoms with Crippen molar-refractivity contribution >= 4 is 6.29 Å². The minimum atomic E-state index is 0.422. The van der Waals surface area contributed by atoms with Crippen LogP contribution in [0.5, 0.6) is 0 Å². The van der Waals surface area contributed by atoms with Crippen molar-refractivity contribution in [3.8, 4) is 0 Å². The molecular weight excluding hydrogens is 216 g/mol. The number of carbonyl (C=O) groups excluding carboxylic acids is 1. The van der Waals surface area contributed by atoms with Gasteiger partial charge in [0.15, 0.2) is 6.29 Å². The molecule has 0 bridgehead atoms. The average molecular weight is 234 g/mol. The van der Waals surface area contributed by atoms with Crippen LogP contribution >= 0.6 is 0 Å². The summed E-state index contributed by atoms with van der Waals surface area (Å²) in [6.07, 6.45) is 6.60. The van der Waals surface area contributed by atoms with E-state index in [1.54, 1.807) is 0 Å². The molecule has 1 aromatic rings. The van der Waals surface area contributed by atoms with Crippen LogP contribution in [0.1, 0.15) is 65.7 Å². The van der Waals surface area contributed by atoms with Gasteiger partial charge in [0.05, 0.1) is 11.3 Å². The number of H-pyrrole nitrogens is 1. The predicted octanol–water partition coefficient (Wildman–Crippen LogP) is 2.38. The molecule has 1 aromatic heterocycles. The van der Waals surface area contributed by atoms with Gasteiger partial charge in [-0.3, -0.25) is 9.89 Å². The molecule has 1 aliphatic carbocycles. The number of nitrogens with one attached hydrogen (secondary N) is 1. The van der Waals surface area contributed by atoms with Crippen LogP contribution in [0.4, 0.5) is 0 Å². The number of rotatable bonds is 3. The minimum Gasteiger partial charge on any atom is -0.381 e. The Morgan fingerprint density at radius 2 is 1.94 bits per heavy atom. The number of hydrogen-bond acceptors (Lipinski definition) is 3. The smallest absolute Gasteiger partial charge is 0.153 e. The second-order valence-electron chi connectivity index (χ2n) is 5.07. The number of aromatic amines is 1. The van der Waals surface area contributed by atoms with Crippen molar-refractivity contribution < 1.29 is 9.53 Å². The summed E-state index contributed by atoms with van der Waals surface area (Å²) in [5, 5.41) is 7.49. The molecule has 0 atom stereocenters. The van der Waals surface area contributed by atoms with Crippen molar-refractivity contribution in [3.63, 3.8) is 0 Å². The van der Waals surface area contributed by atoms with Gasteiger partial charge in [-0.05, 0) is 25.7 Å². The quantitative estimate of drug-likeness (QED) is 0.817. The molecule has 1 saturated heterocycles. The molecule has 0 unspecified atom stereocenters. The third kappa shape index (κ3) is 1.90. The molecule has 4 nitrogen and oxygen atoms in total. The molecular formula is C13H18N2O2. The lowest BCUT2D eigenvalue weighted by atomic mass is 9.80. The van der Waals surface area contributed by atoms with E-state index < -0.39 is 0 Å². The number of aldehydes is 1. The lowest BCUT2D eigenvalue weighted by Crippen LogP contribution is -2.16. The van der Waals surface area contributed by atoms with E-state index in [1.165, 1.54) is 19.3 Å². The van der Waals surface area contributed by atoms with Gasteiger partial charge in [-0.1, -0.05) is 6.42 Å². The Balaban J connectivity index is 1.87. The van der Waals surface area contributed by atoms with E-state index in [0.29, 0.717) is 11.8 Å². The van der Waals surface area contributed by atoms with Crippen LogP contribution in [0.3, 0.4) is 0 Å². The van der Waals surface area contributed by atoms with E-state index in [9.17, 15) is 4.79 Å². The van der Waals surface area contributed by atoms with Crippen molar-refractivity contribution in [3.05, 3.63) is 17.0 Å². The molecule has 1 saturated carbocycles. The second kappa shape index (κ2) is 4.61. The van der Waals surface area contributed by atoms with Crippen LogP contribution in [0.2, 0.25) is 0 Å². The van der Waals surface area contributed by atoms with Gasteiger partial charge < -0.3 is 4.74 Å². The van der Waals surface area contributed by atoms with Gasteiger partial charge in [0.2, 0.25) is 0 Å². The first-order valence-corrected chi connectivity index (χ1v) is 6.51. The summed E-state index contributed by atoms with van der Waals surface area (Å²) in [6.45, 7) is 1.58. The SMILES string of the molecule is O=Cc1c(C2CCC2)n[nH]c1C1CCOCC1. The molecule has 0 spiro atoms. The average Bonchev–Trinajstić information content (AvgIpc) is 2.71. The van der Waals surface area contributed by atoms with Gasteiger partial charge >= 0.3 is 0 Å². The monoisotopic (exact) mass is 234 g/mol. The summed E-state index contributed by atoms with van der Waals surface area (Å²) in [6, 6.07) is 0. The maximum absolute atomic E-state index is 11.3. The fourth-order valence-electron chi connectivity index (χ4n) is 2.79. The fraction of sp³-hybridized carbons (Fsp3) is 0.692. The third-order valence-corrected chi connectivity index (χ3v) is 4.10. The molecule has 0 amide bonds. The standard InChI is InChI=1S/C13H18N2O2/c16-8-11-12(9-2-1-3-9)14-15-13(11)10-4-6-17-7-5-10/h8-10H,1-7H2,(H,14,15). The van der Waals surface area contributed by atoms with Crippen molar-refractivity contribution in [2.45, 2.75) is 43.9 Å². The zero-order valence-electron chi connectivity index (χ0n) is 9.95. The Labute approximate surface area is 101 Å². The number of hydrogen-bond donors (Lipinski definition) is 1. The zero-order chi connectivity index (χ0) is 11.7. The van der Waals surface area contributed by atoms with Crippen molar-refractivity contribution in [1.29, 1.82) is 0 Å². The highest BCUT2D eigenvalue weighted by atomic mass is 16.5. The number of aromatic nitrogens is 2. The normalized spacial score (nSPS) is 22.4. The van der Waals surface area contributed by atoms with E-state index in [4.69, 9.17) is 4.74 Å². The van der Waals surface area contributed by atoms with E-state index in [-0.39, 0.29) is 0 Å². The largest absolute Gasteiger partial charge is 0.381 e. The Bertz CT molecular complexity index is 404. The highest BCUT2D eigenvalue weighted by Gasteiger charge is 2.29. The first kappa shape index (κ1) is 11.0. The molecule has 0 aromatic carbocycles. The molecule has 1 aliphatic heterocycles. The van der Waals surface area contributed by atoms with E-state index in [0.717, 1.165) is 49.3 Å². The summed E-state index contributed by atoms with van der Waals surface area (Å²) in [5.74, 6) is 0.935. The van der Waals surface area contributed by atoms with Gasteiger partial charge in [-0.25, -0.2) is 0 Å². The first-order valence-electron chi connectivity index (χ1n) is 6.51. The van der Waals surface area contributed by atoms with Crippen LogP contribution in [-0.4, -0.2) is 29.7 Å². The third-order valence-electron chi connectivity index (χ3n) is 4.10. The molecule has 2 aliphatic rings. The van der Waals surface area contributed by atoms with Crippen LogP contribution in [0, 0.1) is 0 Å². The van der Waals surface area contributed by atoms with Crippen LogP contribution in [0.25, 0.3) is 0 Å². The predicted molar refractivity (Wildman–Crippen MR) is 63.4 cm³/mol. The minimum absolute atomic E-state index is 0.422. The lowest BCUT2D eigenvalue weighted by Gasteiger charge is -2.24. The van der Waals surface area contributed by atoms with Crippen LogP contribution in [-0.2, 0) is 4.74 Å². The van der Waals surface area contributed by atoms with Crippen molar-refractivity contribution in [2.75, 3.05) is 13.2 Å². The Morgan fingerprint density at radius 1 is 1.18 bits per heavy atom. The number of nitrogens with zero attached hydrogens (tertiary/aromatic N) is 1. The highest BCUT2D eigenvalue weighted by molar-refractivity contribution is 5.79. The van der Waals surface area contributed by atoms with Crippen LogP contribution < -0.4 is 0 Å². The van der Waals surface area contributed by atoms with E-state index in [2.05, 4.69) is 10.2 Å². The second-order valence-corrected chi connectivity index (χ2v) is 5.07. The molecule has 2 heterocycles. The Hall–Kier alpha value is -1.16. The molecule has 17 heavy (non-hydrogen) atoms. The zero-order valence-corrected chi connectivity index (χ0v) is 9.95. The Kier molecular flexibility index (Phi) is 2.97. The first-order chi connectivity index (χ1) is 8.40. The maximum Gasteiger partial charge on any atom is 0.153 e. The topological polar surface area (TPSA) is 55.0 Å². The van der Waals surface area contributed by atoms with E-state index in [1.807, 2.05) is 0 Å². The Morgan fingerprint density at radius 3 is 2.53 bits per heavy atom. The lowest BCUT2D eigenvalue weighted by molar-refractivity contribution is 0.0841. The van der Waals surface area contributed by atoms with Gasteiger partial charge in [-0.15, -0.1) is 0 Å².